The first-order chi connectivity index (χ1) is 7.29. The van der Waals surface area contributed by atoms with E-state index in [1.165, 1.54) is 12.1 Å². The number of benzene rings is 1. The molecule has 0 aromatic heterocycles. The van der Waals surface area contributed by atoms with Crippen molar-refractivity contribution in [1.82, 2.24) is 0 Å². The molecule has 0 atom stereocenters. The van der Waals surface area contributed by atoms with Crippen molar-refractivity contribution in [3.05, 3.63) is 35.1 Å². The van der Waals surface area contributed by atoms with Crippen molar-refractivity contribution in [3.8, 4) is 11.8 Å². The maximum absolute atomic E-state index is 13.3. The van der Waals surface area contributed by atoms with Crippen LogP contribution in [-0.4, -0.2) is 11.1 Å². The molecule has 1 aromatic carbocycles. The first kappa shape index (κ1) is 12.3. The minimum absolute atomic E-state index is 0.165. The van der Waals surface area contributed by atoms with Crippen LogP contribution >= 0.6 is 0 Å². The molecule has 0 radical (unpaired) electrons. The average molecular weight is 220 g/mol. The molecule has 0 bridgehead atoms. The Bertz CT molecular complexity index is 473. The topological polar surface area (TPSA) is 37.3 Å². The summed E-state index contributed by atoms with van der Waals surface area (Å²) in [4.78, 5) is 10.6. The Labute approximate surface area is 94.1 Å². The Morgan fingerprint density at radius 3 is 2.44 bits per heavy atom. The van der Waals surface area contributed by atoms with Crippen LogP contribution in [0.15, 0.2) is 18.2 Å². The SMILES string of the molecule is CC(C)(C)C#Cc1ccc(C(=O)O)c(F)c1. The van der Waals surface area contributed by atoms with E-state index in [2.05, 4.69) is 11.8 Å². The molecule has 0 saturated heterocycles. The monoisotopic (exact) mass is 220 g/mol. The lowest BCUT2D eigenvalue weighted by atomic mass is 9.97. The standard InChI is InChI=1S/C13H13FO2/c1-13(2,3)7-6-9-4-5-10(12(15)16)11(14)8-9/h4-5,8H,1-3H3,(H,15,16). The lowest BCUT2D eigenvalue weighted by Gasteiger charge is -2.06. The molecule has 0 amide bonds. The molecular formula is C13H13FO2. The van der Waals surface area contributed by atoms with Gasteiger partial charge in [0.05, 0.1) is 5.56 Å². The summed E-state index contributed by atoms with van der Waals surface area (Å²) in [6.45, 7) is 5.84. The Morgan fingerprint density at radius 2 is 2.00 bits per heavy atom. The quantitative estimate of drug-likeness (QED) is 0.739. The van der Waals surface area contributed by atoms with E-state index in [0.717, 1.165) is 6.07 Å². The highest BCUT2D eigenvalue weighted by Gasteiger charge is 2.09. The van der Waals surface area contributed by atoms with E-state index in [1.54, 1.807) is 0 Å². The fraction of sp³-hybridized carbons (Fsp3) is 0.308. The van der Waals surface area contributed by atoms with Crippen LogP contribution in [0.2, 0.25) is 0 Å². The third-order valence-corrected chi connectivity index (χ3v) is 1.78. The van der Waals surface area contributed by atoms with Gasteiger partial charge in [-0.1, -0.05) is 11.8 Å². The zero-order chi connectivity index (χ0) is 12.3. The number of halogens is 1. The van der Waals surface area contributed by atoms with Crippen LogP contribution < -0.4 is 0 Å². The highest BCUT2D eigenvalue weighted by atomic mass is 19.1. The zero-order valence-electron chi connectivity index (χ0n) is 9.47. The third kappa shape index (κ3) is 3.39. The minimum atomic E-state index is -1.27. The number of hydrogen-bond donors (Lipinski definition) is 1. The fourth-order valence-electron chi connectivity index (χ4n) is 1.03. The predicted molar refractivity (Wildman–Crippen MR) is 59.7 cm³/mol. The van der Waals surface area contributed by atoms with Crippen molar-refractivity contribution in [2.45, 2.75) is 20.8 Å². The molecule has 0 aliphatic rings. The molecule has 0 heterocycles. The molecule has 2 nitrogen and oxygen atoms in total. The number of carbonyl (C=O) groups is 1. The third-order valence-electron chi connectivity index (χ3n) is 1.78. The Hall–Kier alpha value is -1.82. The number of aromatic carboxylic acids is 1. The lowest BCUT2D eigenvalue weighted by molar-refractivity contribution is 0.0692. The summed E-state index contributed by atoms with van der Waals surface area (Å²) < 4.78 is 13.3. The summed E-state index contributed by atoms with van der Waals surface area (Å²) in [5.74, 6) is 3.73. The average Bonchev–Trinajstić information content (AvgIpc) is 2.13. The number of rotatable bonds is 1. The van der Waals surface area contributed by atoms with Crippen molar-refractivity contribution in [1.29, 1.82) is 0 Å². The van der Waals surface area contributed by atoms with Crippen molar-refractivity contribution in [2.24, 2.45) is 5.41 Å². The van der Waals surface area contributed by atoms with Crippen LogP contribution in [0.25, 0.3) is 0 Å². The highest BCUT2D eigenvalue weighted by molar-refractivity contribution is 5.88. The zero-order valence-corrected chi connectivity index (χ0v) is 9.47. The summed E-state index contributed by atoms with van der Waals surface area (Å²) in [7, 11) is 0. The van der Waals surface area contributed by atoms with Gasteiger partial charge >= 0.3 is 5.97 Å². The number of carboxylic acids is 1. The Kier molecular flexibility index (Phi) is 3.34. The second-order valence-corrected chi connectivity index (χ2v) is 4.50. The summed E-state index contributed by atoms with van der Waals surface area (Å²) in [5, 5.41) is 8.64. The van der Waals surface area contributed by atoms with Gasteiger partial charge in [0.25, 0.3) is 0 Å². The van der Waals surface area contributed by atoms with Gasteiger partial charge in [0.2, 0.25) is 0 Å². The van der Waals surface area contributed by atoms with Gasteiger partial charge in [-0.2, -0.15) is 0 Å². The molecule has 84 valence electrons. The lowest BCUT2D eigenvalue weighted by Crippen LogP contribution is -2.01. The summed E-state index contributed by atoms with van der Waals surface area (Å²) in [5.41, 5.74) is -0.0131. The minimum Gasteiger partial charge on any atom is -0.478 e. The van der Waals surface area contributed by atoms with Crippen LogP contribution in [0.3, 0.4) is 0 Å². The molecule has 16 heavy (non-hydrogen) atoms. The molecule has 1 aromatic rings. The van der Waals surface area contributed by atoms with Crippen LogP contribution in [-0.2, 0) is 0 Å². The van der Waals surface area contributed by atoms with Gasteiger partial charge in [0.1, 0.15) is 5.82 Å². The molecule has 1 N–H and O–H groups in total. The van der Waals surface area contributed by atoms with Crippen molar-refractivity contribution >= 4 is 5.97 Å². The van der Waals surface area contributed by atoms with Gasteiger partial charge in [-0.25, -0.2) is 9.18 Å². The smallest absolute Gasteiger partial charge is 0.338 e. The molecule has 0 fully saturated rings. The number of carboxylic acid groups (broad SMARTS) is 1. The van der Waals surface area contributed by atoms with Crippen molar-refractivity contribution < 1.29 is 14.3 Å². The van der Waals surface area contributed by atoms with E-state index in [4.69, 9.17) is 5.11 Å². The van der Waals surface area contributed by atoms with Gasteiger partial charge in [-0.05, 0) is 39.0 Å². The van der Waals surface area contributed by atoms with Gasteiger partial charge in [-0.15, -0.1) is 0 Å². The van der Waals surface area contributed by atoms with Crippen molar-refractivity contribution in [3.63, 3.8) is 0 Å². The molecule has 0 aliphatic heterocycles. The second-order valence-electron chi connectivity index (χ2n) is 4.50. The summed E-state index contributed by atoms with van der Waals surface area (Å²) in [6.07, 6.45) is 0. The van der Waals surface area contributed by atoms with E-state index >= 15 is 0 Å². The largest absolute Gasteiger partial charge is 0.478 e. The first-order valence-corrected chi connectivity index (χ1v) is 4.85. The predicted octanol–water partition coefficient (Wildman–Crippen LogP) is 2.92. The van der Waals surface area contributed by atoms with Gasteiger partial charge in [0.15, 0.2) is 0 Å². The van der Waals surface area contributed by atoms with Crippen LogP contribution in [0.4, 0.5) is 4.39 Å². The van der Waals surface area contributed by atoms with Crippen LogP contribution in [0.5, 0.6) is 0 Å². The van der Waals surface area contributed by atoms with Crippen LogP contribution in [0, 0.1) is 23.1 Å². The number of hydrogen-bond acceptors (Lipinski definition) is 1. The molecule has 0 aliphatic carbocycles. The van der Waals surface area contributed by atoms with E-state index in [1.807, 2.05) is 20.8 Å². The highest BCUT2D eigenvalue weighted by Crippen LogP contribution is 2.13. The molecule has 3 heteroatoms. The molecule has 0 spiro atoms. The normalized spacial score (nSPS) is 10.5. The van der Waals surface area contributed by atoms with E-state index in [0.29, 0.717) is 5.56 Å². The maximum atomic E-state index is 13.3. The van der Waals surface area contributed by atoms with Gasteiger partial charge in [-0.3, -0.25) is 0 Å². The van der Waals surface area contributed by atoms with Crippen molar-refractivity contribution in [2.75, 3.05) is 0 Å². The van der Waals surface area contributed by atoms with Gasteiger partial charge in [0, 0.05) is 11.0 Å². The van der Waals surface area contributed by atoms with Crippen LogP contribution in [0.1, 0.15) is 36.7 Å². The molecule has 0 saturated carbocycles. The molecule has 1 rings (SSSR count). The maximum Gasteiger partial charge on any atom is 0.338 e. The first-order valence-electron chi connectivity index (χ1n) is 4.85. The van der Waals surface area contributed by atoms with E-state index in [9.17, 15) is 9.18 Å². The Morgan fingerprint density at radius 1 is 1.38 bits per heavy atom. The second kappa shape index (κ2) is 4.36. The summed E-state index contributed by atoms with van der Waals surface area (Å²) >= 11 is 0. The van der Waals surface area contributed by atoms with E-state index in [-0.39, 0.29) is 11.0 Å². The molecule has 0 unspecified atom stereocenters. The molecular weight excluding hydrogens is 207 g/mol. The van der Waals surface area contributed by atoms with E-state index < -0.39 is 11.8 Å². The fourth-order valence-corrected chi connectivity index (χ4v) is 1.03. The van der Waals surface area contributed by atoms with Gasteiger partial charge < -0.3 is 5.11 Å². The summed E-state index contributed by atoms with van der Waals surface area (Å²) in [6, 6.07) is 3.87. The Balaban J connectivity index is 3.06.